The molecule has 1 heterocycles. The predicted molar refractivity (Wildman–Crippen MR) is 128 cm³/mol. The SMILES string of the molecule is COc1ccccc1COc1ccc(Nc2ncnc3ccc(Br)cc23)cc1OC.Cl. The van der Waals surface area contributed by atoms with Crippen LogP contribution in [-0.4, -0.2) is 24.2 Å². The van der Waals surface area contributed by atoms with Crippen LogP contribution in [0.2, 0.25) is 0 Å². The highest BCUT2D eigenvalue weighted by Gasteiger charge is 2.10. The van der Waals surface area contributed by atoms with Crippen molar-refractivity contribution in [3.63, 3.8) is 0 Å². The van der Waals surface area contributed by atoms with Crippen LogP contribution in [0.15, 0.2) is 71.5 Å². The van der Waals surface area contributed by atoms with E-state index in [0.29, 0.717) is 23.9 Å². The van der Waals surface area contributed by atoms with E-state index in [2.05, 4.69) is 31.2 Å². The molecule has 6 nitrogen and oxygen atoms in total. The second-order valence-corrected chi connectivity index (χ2v) is 7.39. The van der Waals surface area contributed by atoms with E-state index in [-0.39, 0.29) is 12.4 Å². The molecule has 31 heavy (non-hydrogen) atoms. The average molecular weight is 503 g/mol. The second-order valence-electron chi connectivity index (χ2n) is 6.47. The molecule has 1 N–H and O–H groups in total. The van der Waals surface area contributed by atoms with E-state index in [0.717, 1.165) is 32.4 Å². The number of fused-ring (bicyclic) bond motifs is 1. The number of hydrogen-bond acceptors (Lipinski definition) is 6. The fourth-order valence-electron chi connectivity index (χ4n) is 3.11. The zero-order valence-corrected chi connectivity index (χ0v) is 19.4. The molecule has 0 unspecified atom stereocenters. The Bertz CT molecular complexity index is 1190. The molecule has 4 rings (SSSR count). The topological polar surface area (TPSA) is 65.5 Å². The predicted octanol–water partition coefficient (Wildman–Crippen LogP) is 6.15. The van der Waals surface area contributed by atoms with Crippen LogP contribution in [0, 0.1) is 0 Å². The third-order valence-corrected chi connectivity index (χ3v) is 5.09. The number of nitrogens with zero attached hydrogens (tertiary/aromatic N) is 2. The van der Waals surface area contributed by atoms with Gasteiger partial charge in [-0.05, 0) is 36.4 Å². The van der Waals surface area contributed by atoms with E-state index in [1.807, 2.05) is 60.7 Å². The van der Waals surface area contributed by atoms with Gasteiger partial charge in [-0.3, -0.25) is 0 Å². The van der Waals surface area contributed by atoms with Crippen LogP contribution in [0.1, 0.15) is 5.56 Å². The average Bonchev–Trinajstić information content (AvgIpc) is 2.78. The van der Waals surface area contributed by atoms with E-state index in [1.54, 1.807) is 20.5 Å². The molecule has 160 valence electrons. The number of hydrogen-bond donors (Lipinski definition) is 1. The van der Waals surface area contributed by atoms with E-state index < -0.39 is 0 Å². The highest BCUT2D eigenvalue weighted by Crippen LogP contribution is 2.33. The first-order chi connectivity index (χ1) is 14.7. The Morgan fingerprint density at radius 2 is 1.68 bits per heavy atom. The van der Waals surface area contributed by atoms with Gasteiger partial charge in [0.2, 0.25) is 0 Å². The molecule has 0 saturated heterocycles. The molecule has 0 aliphatic carbocycles. The number of rotatable bonds is 7. The number of nitrogens with one attached hydrogen (secondary N) is 1. The van der Waals surface area contributed by atoms with Crippen molar-refractivity contribution in [2.24, 2.45) is 0 Å². The van der Waals surface area contributed by atoms with Crippen molar-refractivity contribution in [2.45, 2.75) is 6.61 Å². The summed E-state index contributed by atoms with van der Waals surface area (Å²) in [5.74, 6) is 2.77. The van der Waals surface area contributed by atoms with Gasteiger partial charge in [-0.1, -0.05) is 34.1 Å². The summed E-state index contributed by atoms with van der Waals surface area (Å²) in [5, 5.41) is 4.26. The molecule has 0 aliphatic heterocycles. The van der Waals surface area contributed by atoms with Gasteiger partial charge in [0.05, 0.1) is 19.7 Å². The van der Waals surface area contributed by atoms with Crippen LogP contribution in [0.25, 0.3) is 10.9 Å². The molecule has 0 amide bonds. The van der Waals surface area contributed by atoms with Gasteiger partial charge in [-0.15, -0.1) is 12.4 Å². The van der Waals surface area contributed by atoms with Gasteiger partial charge in [0.25, 0.3) is 0 Å². The molecular weight excluding hydrogens is 482 g/mol. The first-order valence-electron chi connectivity index (χ1n) is 9.28. The number of methoxy groups -OCH3 is 2. The summed E-state index contributed by atoms with van der Waals surface area (Å²) in [6.45, 7) is 0.373. The fraction of sp³-hybridized carbons (Fsp3) is 0.130. The Kier molecular flexibility index (Phi) is 7.55. The largest absolute Gasteiger partial charge is 0.496 e. The maximum atomic E-state index is 5.98. The minimum atomic E-state index is 0. The van der Waals surface area contributed by atoms with Crippen molar-refractivity contribution in [1.82, 2.24) is 9.97 Å². The fourth-order valence-corrected chi connectivity index (χ4v) is 3.47. The van der Waals surface area contributed by atoms with Crippen LogP contribution in [-0.2, 0) is 6.61 Å². The molecule has 4 aromatic rings. The van der Waals surface area contributed by atoms with Crippen LogP contribution >= 0.6 is 28.3 Å². The van der Waals surface area contributed by atoms with Gasteiger partial charge >= 0.3 is 0 Å². The number of ether oxygens (including phenoxy) is 3. The molecule has 3 aromatic carbocycles. The van der Waals surface area contributed by atoms with Crippen LogP contribution in [0.4, 0.5) is 11.5 Å². The number of halogens is 2. The lowest BCUT2D eigenvalue weighted by atomic mass is 10.2. The number of benzene rings is 3. The molecule has 1 aromatic heterocycles. The Morgan fingerprint density at radius 3 is 2.48 bits per heavy atom. The number of anilines is 2. The first kappa shape index (κ1) is 22.7. The van der Waals surface area contributed by atoms with Crippen molar-refractivity contribution in [2.75, 3.05) is 19.5 Å². The van der Waals surface area contributed by atoms with E-state index >= 15 is 0 Å². The minimum absolute atomic E-state index is 0. The Morgan fingerprint density at radius 1 is 0.871 bits per heavy atom. The zero-order valence-electron chi connectivity index (χ0n) is 17.0. The Hall–Kier alpha value is -3.03. The molecule has 0 spiro atoms. The summed E-state index contributed by atoms with van der Waals surface area (Å²) in [6.07, 6.45) is 1.54. The van der Waals surface area contributed by atoms with Crippen molar-refractivity contribution in [3.05, 3.63) is 77.0 Å². The number of aromatic nitrogens is 2. The summed E-state index contributed by atoms with van der Waals surface area (Å²) >= 11 is 3.50. The lowest BCUT2D eigenvalue weighted by Gasteiger charge is -2.15. The molecule has 0 atom stereocenters. The van der Waals surface area contributed by atoms with Crippen LogP contribution in [0.5, 0.6) is 17.2 Å². The summed E-state index contributed by atoms with van der Waals surface area (Å²) < 4.78 is 17.9. The van der Waals surface area contributed by atoms with Crippen molar-refractivity contribution >= 4 is 50.7 Å². The smallest absolute Gasteiger partial charge is 0.162 e. The van der Waals surface area contributed by atoms with Crippen molar-refractivity contribution in [3.8, 4) is 17.2 Å². The molecule has 0 radical (unpaired) electrons. The van der Waals surface area contributed by atoms with E-state index in [1.165, 1.54) is 0 Å². The highest BCUT2D eigenvalue weighted by molar-refractivity contribution is 9.10. The molecule has 8 heteroatoms. The minimum Gasteiger partial charge on any atom is -0.496 e. The third kappa shape index (κ3) is 5.18. The second kappa shape index (κ2) is 10.3. The number of para-hydroxylation sites is 1. The molecule has 0 aliphatic rings. The lowest BCUT2D eigenvalue weighted by Crippen LogP contribution is -2.01. The van der Waals surface area contributed by atoms with Crippen LogP contribution < -0.4 is 19.5 Å². The Labute approximate surface area is 195 Å². The molecule has 0 saturated carbocycles. The first-order valence-corrected chi connectivity index (χ1v) is 10.1. The van der Waals surface area contributed by atoms with Crippen LogP contribution in [0.3, 0.4) is 0 Å². The van der Waals surface area contributed by atoms with E-state index in [4.69, 9.17) is 14.2 Å². The maximum absolute atomic E-state index is 5.98. The summed E-state index contributed by atoms with van der Waals surface area (Å²) in [4.78, 5) is 8.70. The maximum Gasteiger partial charge on any atom is 0.162 e. The van der Waals surface area contributed by atoms with Crippen molar-refractivity contribution < 1.29 is 14.2 Å². The lowest BCUT2D eigenvalue weighted by molar-refractivity contribution is 0.278. The molecule has 0 bridgehead atoms. The van der Waals surface area contributed by atoms with Gasteiger partial charge in [0, 0.05) is 27.2 Å². The monoisotopic (exact) mass is 501 g/mol. The third-order valence-electron chi connectivity index (χ3n) is 4.60. The van der Waals surface area contributed by atoms with E-state index in [9.17, 15) is 0 Å². The van der Waals surface area contributed by atoms with Gasteiger partial charge in [0.1, 0.15) is 24.5 Å². The normalized spacial score (nSPS) is 10.3. The molecule has 0 fully saturated rings. The molecular formula is C23H21BrClN3O3. The van der Waals surface area contributed by atoms with Gasteiger partial charge < -0.3 is 19.5 Å². The van der Waals surface area contributed by atoms with Gasteiger partial charge in [-0.25, -0.2) is 9.97 Å². The summed E-state index contributed by atoms with van der Waals surface area (Å²) in [6, 6.07) is 19.3. The zero-order chi connectivity index (χ0) is 20.9. The highest BCUT2D eigenvalue weighted by atomic mass is 79.9. The quantitative estimate of drug-likeness (QED) is 0.327. The van der Waals surface area contributed by atoms with Gasteiger partial charge in [0.15, 0.2) is 11.5 Å². The summed E-state index contributed by atoms with van der Waals surface area (Å²) in [5.41, 5.74) is 2.65. The summed E-state index contributed by atoms with van der Waals surface area (Å²) in [7, 11) is 3.27. The standard InChI is InChI=1S/C23H20BrN3O3.ClH/c1-28-20-6-4-3-5-15(20)13-30-21-10-8-17(12-22(21)29-2)27-23-18-11-16(24)7-9-19(18)25-14-26-23;/h3-12,14H,13H2,1-2H3,(H,25,26,27);1H. The Balaban J connectivity index is 0.00000272. The van der Waals surface area contributed by atoms with Gasteiger partial charge in [-0.2, -0.15) is 0 Å². The van der Waals surface area contributed by atoms with Crippen molar-refractivity contribution in [1.29, 1.82) is 0 Å².